The van der Waals surface area contributed by atoms with Crippen LogP contribution in [0.1, 0.15) is 45.1 Å². The van der Waals surface area contributed by atoms with E-state index in [4.69, 9.17) is 0 Å². The molecule has 1 aliphatic rings. The number of nitrogens with one attached hydrogen (secondary N) is 1. The molecule has 0 aliphatic heterocycles. The summed E-state index contributed by atoms with van der Waals surface area (Å²) in [6, 6.07) is 12.9. The van der Waals surface area contributed by atoms with Crippen LogP contribution in [0.15, 0.2) is 54.7 Å². The van der Waals surface area contributed by atoms with Crippen molar-refractivity contribution < 1.29 is 18.0 Å². The minimum atomic E-state index is -4.43. The molecule has 0 radical (unpaired) electrons. The van der Waals surface area contributed by atoms with Crippen molar-refractivity contribution in [3.63, 3.8) is 0 Å². The monoisotopic (exact) mass is 397 g/mol. The molecule has 2 aromatic carbocycles. The van der Waals surface area contributed by atoms with Crippen molar-refractivity contribution in [2.24, 2.45) is 0 Å². The molecule has 148 valence electrons. The van der Waals surface area contributed by atoms with Gasteiger partial charge < -0.3 is 5.32 Å². The van der Waals surface area contributed by atoms with E-state index < -0.39 is 11.7 Å². The predicted molar refractivity (Wildman–Crippen MR) is 103 cm³/mol. The molecule has 0 bridgehead atoms. The Labute approximate surface area is 165 Å². The molecule has 0 saturated heterocycles. The van der Waals surface area contributed by atoms with Crippen LogP contribution >= 0.6 is 0 Å². The second kappa shape index (κ2) is 7.31. The minimum absolute atomic E-state index is 0.0203. The van der Waals surface area contributed by atoms with Gasteiger partial charge in [-0.05, 0) is 43.0 Å². The topological polar surface area (TPSA) is 54.9 Å². The van der Waals surface area contributed by atoms with Gasteiger partial charge in [0.05, 0.1) is 16.8 Å². The third kappa shape index (κ3) is 4.13. The van der Waals surface area contributed by atoms with Crippen molar-refractivity contribution in [1.82, 2.24) is 9.97 Å². The Morgan fingerprint density at radius 2 is 1.83 bits per heavy atom. The number of hydrogen-bond acceptors (Lipinski definition) is 4. The van der Waals surface area contributed by atoms with Crippen molar-refractivity contribution in [3.05, 3.63) is 82.7 Å². The molecule has 0 spiro atoms. The van der Waals surface area contributed by atoms with Crippen LogP contribution in [0.3, 0.4) is 0 Å². The Kier molecular flexibility index (Phi) is 4.82. The van der Waals surface area contributed by atoms with E-state index in [2.05, 4.69) is 15.3 Å². The summed E-state index contributed by atoms with van der Waals surface area (Å²) in [5.41, 5.74) is 2.78. The Hall–Kier alpha value is -3.22. The minimum Gasteiger partial charge on any atom is -0.324 e. The summed E-state index contributed by atoms with van der Waals surface area (Å²) in [4.78, 5) is 21.1. The van der Waals surface area contributed by atoms with Crippen LogP contribution in [-0.2, 0) is 12.6 Å². The highest BCUT2D eigenvalue weighted by molar-refractivity contribution is 5.98. The molecule has 0 unspecified atom stereocenters. The van der Waals surface area contributed by atoms with Gasteiger partial charge in [-0.1, -0.05) is 35.9 Å². The number of nitrogens with zero attached hydrogens (tertiary/aromatic N) is 2. The van der Waals surface area contributed by atoms with Gasteiger partial charge in [0.25, 0.3) is 0 Å². The first-order chi connectivity index (χ1) is 13.8. The van der Waals surface area contributed by atoms with Gasteiger partial charge in [0.1, 0.15) is 0 Å². The highest BCUT2D eigenvalue weighted by Crippen LogP contribution is 2.33. The van der Waals surface area contributed by atoms with Crippen LogP contribution in [-0.4, -0.2) is 15.8 Å². The first-order valence-electron chi connectivity index (χ1n) is 9.19. The standard InChI is InChI=1S/C22H18F3N3O/c1-13-5-7-14(8-6-13)15-9-19-18(20(29)10-15)12-26-21(28-19)27-17-4-2-3-16(11-17)22(23,24)25/h2-8,11-12,15H,9-10H2,1H3,(H,26,27,28)/t15-/m0/s1. The van der Waals surface area contributed by atoms with Crippen LogP contribution in [0.2, 0.25) is 0 Å². The average molecular weight is 397 g/mol. The predicted octanol–water partition coefficient (Wildman–Crippen LogP) is 5.46. The molecule has 4 nitrogen and oxygen atoms in total. The number of hydrogen-bond donors (Lipinski definition) is 1. The zero-order valence-corrected chi connectivity index (χ0v) is 15.6. The molecule has 1 N–H and O–H groups in total. The molecular weight excluding hydrogens is 379 g/mol. The number of anilines is 2. The van der Waals surface area contributed by atoms with Crippen LogP contribution in [0.25, 0.3) is 0 Å². The summed E-state index contributed by atoms with van der Waals surface area (Å²) >= 11 is 0. The SMILES string of the molecule is Cc1ccc([C@@H]2CC(=O)c3cnc(Nc4cccc(C(F)(F)F)c4)nc3C2)cc1. The van der Waals surface area contributed by atoms with Crippen LogP contribution in [0.4, 0.5) is 24.8 Å². The van der Waals surface area contributed by atoms with Crippen LogP contribution in [0.5, 0.6) is 0 Å². The number of carbonyl (C=O) groups excluding carboxylic acids is 1. The number of benzene rings is 2. The number of ketones is 1. The first kappa shape index (κ1) is 19.1. The van der Waals surface area contributed by atoms with E-state index in [-0.39, 0.29) is 23.3 Å². The first-order valence-corrected chi connectivity index (χ1v) is 9.19. The second-order valence-electron chi connectivity index (χ2n) is 7.20. The summed E-state index contributed by atoms with van der Waals surface area (Å²) in [6.07, 6.45) is -2.02. The number of aromatic nitrogens is 2. The van der Waals surface area contributed by atoms with Gasteiger partial charge in [-0.15, -0.1) is 0 Å². The lowest BCUT2D eigenvalue weighted by molar-refractivity contribution is -0.137. The van der Waals surface area contributed by atoms with Gasteiger partial charge in [-0.3, -0.25) is 4.79 Å². The number of alkyl halides is 3. The maximum atomic E-state index is 12.9. The Morgan fingerprint density at radius 1 is 1.07 bits per heavy atom. The van der Waals surface area contributed by atoms with E-state index >= 15 is 0 Å². The fourth-order valence-corrected chi connectivity index (χ4v) is 3.48. The molecular formula is C22H18F3N3O. The van der Waals surface area contributed by atoms with E-state index in [1.54, 1.807) is 0 Å². The van der Waals surface area contributed by atoms with Gasteiger partial charge in [-0.25, -0.2) is 9.97 Å². The Balaban J connectivity index is 1.59. The summed E-state index contributed by atoms with van der Waals surface area (Å²) < 4.78 is 38.7. The third-order valence-electron chi connectivity index (χ3n) is 5.03. The summed E-state index contributed by atoms with van der Waals surface area (Å²) in [5, 5.41) is 2.81. The van der Waals surface area contributed by atoms with Gasteiger partial charge in [0.2, 0.25) is 5.95 Å². The third-order valence-corrected chi connectivity index (χ3v) is 5.03. The molecule has 1 aliphatic carbocycles. The van der Waals surface area contributed by atoms with Crippen molar-refractivity contribution in [2.45, 2.75) is 31.9 Å². The Morgan fingerprint density at radius 3 is 2.55 bits per heavy atom. The molecule has 0 amide bonds. The maximum absolute atomic E-state index is 12.9. The number of aryl methyl sites for hydroxylation is 1. The normalized spacial score (nSPS) is 16.4. The molecule has 4 rings (SSSR count). The molecule has 0 saturated carbocycles. The lowest BCUT2D eigenvalue weighted by Crippen LogP contribution is -2.21. The summed E-state index contributed by atoms with van der Waals surface area (Å²) in [7, 11) is 0. The zero-order valence-electron chi connectivity index (χ0n) is 15.6. The number of rotatable bonds is 3. The quantitative estimate of drug-likeness (QED) is 0.638. The number of Topliss-reactive ketones (excluding diaryl/α,β-unsaturated/α-hetero) is 1. The summed E-state index contributed by atoms with van der Waals surface area (Å²) in [6.45, 7) is 2.00. The van der Waals surface area contributed by atoms with Crippen molar-refractivity contribution in [1.29, 1.82) is 0 Å². The number of fused-ring (bicyclic) bond motifs is 1. The zero-order chi connectivity index (χ0) is 20.6. The summed E-state index contributed by atoms with van der Waals surface area (Å²) in [5.74, 6) is 0.162. The Bertz CT molecular complexity index is 1060. The van der Waals surface area contributed by atoms with Crippen molar-refractivity contribution in [3.8, 4) is 0 Å². The van der Waals surface area contributed by atoms with E-state index in [0.717, 1.165) is 23.3 Å². The van der Waals surface area contributed by atoms with E-state index in [1.165, 1.54) is 18.3 Å². The smallest absolute Gasteiger partial charge is 0.324 e. The lowest BCUT2D eigenvalue weighted by atomic mass is 9.82. The van der Waals surface area contributed by atoms with Gasteiger partial charge >= 0.3 is 6.18 Å². The molecule has 29 heavy (non-hydrogen) atoms. The van der Waals surface area contributed by atoms with Crippen molar-refractivity contribution in [2.75, 3.05) is 5.32 Å². The van der Waals surface area contributed by atoms with Crippen molar-refractivity contribution >= 4 is 17.4 Å². The van der Waals surface area contributed by atoms with Gasteiger partial charge in [-0.2, -0.15) is 13.2 Å². The fraction of sp³-hybridized carbons (Fsp3) is 0.227. The fourth-order valence-electron chi connectivity index (χ4n) is 3.48. The molecule has 1 heterocycles. The highest BCUT2D eigenvalue weighted by Gasteiger charge is 2.31. The van der Waals surface area contributed by atoms with Gasteiger partial charge in [0.15, 0.2) is 5.78 Å². The second-order valence-corrected chi connectivity index (χ2v) is 7.20. The molecule has 1 atom stereocenters. The average Bonchev–Trinajstić information content (AvgIpc) is 2.68. The molecule has 3 aromatic rings. The van der Waals surface area contributed by atoms with E-state index in [1.807, 2.05) is 31.2 Å². The lowest BCUT2D eigenvalue weighted by Gasteiger charge is -2.23. The van der Waals surface area contributed by atoms with Crippen LogP contribution in [0, 0.1) is 6.92 Å². The number of halogens is 3. The number of carbonyl (C=O) groups is 1. The van der Waals surface area contributed by atoms with E-state index in [0.29, 0.717) is 24.1 Å². The molecule has 7 heteroatoms. The van der Waals surface area contributed by atoms with E-state index in [9.17, 15) is 18.0 Å². The maximum Gasteiger partial charge on any atom is 0.416 e. The van der Waals surface area contributed by atoms with Gasteiger partial charge in [0, 0.05) is 18.3 Å². The van der Waals surface area contributed by atoms with Crippen LogP contribution < -0.4 is 5.32 Å². The molecule has 1 aromatic heterocycles. The largest absolute Gasteiger partial charge is 0.416 e. The molecule has 0 fully saturated rings. The highest BCUT2D eigenvalue weighted by atomic mass is 19.4.